The molecule has 0 amide bonds. The zero-order chi connectivity index (χ0) is 12.6. The van der Waals surface area contributed by atoms with E-state index in [9.17, 15) is 0 Å². The lowest BCUT2D eigenvalue weighted by Gasteiger charge is -2.07. The van der Waals surface area contributed by atoms with Gasteiger partial charge in [0.1, 0.15) is 11.8 Å². The topological polar surface area (TPSA) is 57.9 Å². The zero-order valence-electron chi connectivity index (χ0n) is 9.84. The number of hydrogen-bond acceptors (Lipinski definition) is 4. The van der Waals surface area contributed by atoms with Gasteiger partial charge in [0.15, 0.2) is 6.61 Å². The molecular weight excluding hydrogens is 226 g/mol. The van der Waals surface area contributed by atoms with E-state index in [1.54, 1.807) is 6.20 Å². The molecule has 90 valence electrons. The van der Waals surface area contributed by atoms with Crippen LogP contribution in [0.3, 0.4) is 0 Å². The van der Waals surface area contributed by atoms with Gasteiger partial charge < -0.3 is 10.1 Å². The standard InChI is InChI=1S/C14H13N3O/c15-8-10-18-14-6-4-12(5-7-14)17-11-13-3-1-2-9-16-13/h1-7,9,17H,10-11H2. The van der Waals surface area contributed by atoms with E-state index in [1.807, 2.05) is 48.5 Å². The molecule has 0 bridgehead atoms. The summed E-state index contributed by atoms with van der Waals surface area (Å²) >= 11 is 0. The second-order valence-corrected chi connectivity index (χ2v) is 3.65. The van der Waals surface area contributed by atoms with Crippen LogP contribution in [0.2, 0.25) is 0 Å². The SMILES string of the molecule is N#CCOc1ccc(NCc2ccccn2)cc1. The number of rotatable bonds is 5. The second-order valence-electron chi connectivity index (χ2n) is 3.65. The number of nitrogens with zero attached hydrogens (tertiary/aromatic N) is 2. The average molecular weight is 239 g/mol. The van der Waals surface area contributed by atoms with Crippen molar-refractivity contribution in [3.05, 3.63) is 54.4 Å². The van der Waals surface area contributed by atoms with E-state index in [-0.39, 0.29) is 6.61 Å². The van der Waals surface area contributed by atoms with Crippen LogP contribution in [0, 0.1) is 11.3 Å². The first kappa shape index (κ1) is 11.9. The van der Waals surface area contributed by atoms with E-state index in [1.165, 1.54) is 0 Å². The minimum absolute atomic E-state index is 0.0701. The summed E-state index contributed by atoms with van der Waals surface area (Å²) in [5.41, 5.74) is 1.98. The Bertz CT molecular complexity index is 517. The molecule has 0 aliphatic carbocycles. The smallest absolute Gasteiger partial charge is 0.174 e. The fraction of sp³-hybridized carbons (Fsp3) is 0.143. The molecule has 1 N–H and O–H groups in total. The van der Waals surface area contributed by atoms with E-state index < -0.39 is 0 Å². The Morgan fingerprint density at radius 2 is 2.00 bits per heavy atom. The molecular formula is C14H13N3O. The van der Waals surface area contributed by atoms with Crippen LogP contribution < -0.4 is 10.1 Å². The predicted molar refractivity (Wildman–Crippen MR) is 69.1 cm³/mol. The zero-order valence-corrected chi connectivity index (χ0v) is 9.84. The van der Waals surface area contributed by atoms with Crippen LogP contribution in [0.4, 0.5) is 5.69 Å². The molecule has 18 heavy (non-hydrogen) atoms. The Labute approximate surface area is 106 Å². The van der Waals surface area contributed by atoms with Gasteiger partial charge in [-0.1, -0.05) is 6.07 Å². The number of nitrogens with one attached hydrogen (secondary N) is 1. The van der Waals surface area contributed by atoms with Crippen molar-refractivity contribution >= 4 is 5.69 Å². The van der Waals surface area contributed by atoms with Crippen LogP contribution in [-0.2, 0) is 6.54 Å². The minimum Gasteiger partial charge on any atom is -0.479 e. The molecule has 0 aliphatic heterocycles. The summed E-state index contributed by atoms with van der Waals surface area (Å²) in [6, 6.07) is 15.2. The highest BCUT2D eigenvalue weighted by molar-refractivity contribution is 5.46. The Balaban J connectivity index is 1.89. The number of aromatic nitrogens is 1. The number of ether oxygens (including phenoxy) is 1. The lowest BCUT2D eigenvalue weighted by atomic mass is 10.3. The third-order valence-corrected chi connectivity index (χ3v) is 2.36. The van der Waals surface area contributed by atoms with Crippen LogP contribution in [0.15, 0.2) is 48.7 Å². The molecule has 0 unspecified atom stereocenters. The molecule has 0 atom stereocenters. The summed E-state index contributed by atoms with van der Waals surface area (Å²) in [6.45, 7) is 0.750. The molecule has 1 heterocycles. The van der Waals surface area contributed by atoms with Gasteiger partial charge in [0.2, 0.25) is 0 Å². The Hall–Kier alpha value is -2.54. The fourth-order valence-electron chi connectivity index (χ4n) is 1.48. The van der Waals surface area contributed by atoms with Gasteiger partial charge in [0, 0.05) is 11.9 Å². The van der Waals surface area contributed by atoms with Gasteiger partial charge in [0.25, 0.3) is 0 Å². The van der Waals surface area contributed by atoms with Gasteiger partial charge in [-0.05, 0) is 36.4 Å². The maximum atomic E-state index is 8.40. The van der Waals surface area contributed by atoms with Crippen molar-refractivity contribution in [1.82, 2.24) is 4.98 Å². The summed E-state index contributed by atoms with van der Waals surface area (Å²) in [5, 5.41) is 11.7. The molecule has 1 aromatic heterocycles. The molecule has 1 aromatic carbocycles. The van der Waals surface area contributed by atoms with Gasteiger partial charge in [-0.15, -0.1) is 0 Å². The van der Waals surface area contributed by atoms with Crippen molar-refractivity contribution in [2.75, 3.05) is 11.9 Å². The third-order valence-electron chi connectivity index (χ3n) is 2.36. The first-order valence-electron chi connectivity index (χ1n) is 5.62. The minimum atomic E-state index is 0.0701. The quantitative estimate of drug-likeness (QED) is 0.871. The van der Waals surface area contributed by atoms with Crippen LogP contribution in [0.5, 0.6) is 5.75 Å². The normalized spacial score (nSPS) is 9.50. The highest BCUT2D eigenvalue weighted by Gasteiger charge is 1.96. The molecule has 0 spiro atoms. The maximum Gasteiger partial charge on any atom is 0.174 e. The van der Waals surface area contributed by atoms with Crippen molar-refractivity contribution in [3.63, 3.8) is 0 Å². The number of pyridine rings is 1. The molecule has 0 radical (unpaired) electrons. The molecule has 2 rings (SSSR count). The van der Waals surface area contributed by atoms with E-state index in [0.717, 1.165) is 11.4 Å². The Kier molecular flexibility index (Phi) is 4.15. The summed E-state index contributed by atoms with van der Waals surface area (Å²) in [6.07, 6.45) is 1.77. The van der Waals surface area contributed by atoms with Gasteiger partial charge in [-0.25, -0.2) is 0 Å². The highest BCUT2D eigenvalue weighted by atomic mass is 16.5. The predicted octanol–water partition coefficient (Wildman–Crippen LogP) is 2.60. The van der Waals surface area contributed by atoms with Gasteiger partial charge in [-0.2, -0.15) is 5.26 Å². The fourth-order valence-corrected chi connectivity index (χ4v) is 1.48. The molecule has 0 aliphatic rings. The lowest BCUT2D eigenvalue weighted by Crippen LogP contribution is -2.01. The molecule has 0 fully saturated rings. The molecule has 0 saturated carbocycles. The summed E-state index contributed by atoms with van der Waals surface area (Å²) < 4.78 is 5.17. The average Bonchev–Trinajstić information content (AvgIpc) is 2.45. The van der Waals surface area contributed by atoms with Crippen molar-refractivity contribution in [1.29, 1.82) is 5.26 Å². The Morgan fingerprint density at radius 3 is 2.67 bits per heavy atom. The number of benzene rings is 1. The van der Waals surface area contributed by atoms with Crippen LogP contribution >= 0.6 is 0 Å². The highest BCUT2D eigenvalue weighted by Crippen LogP contribution is 2.15. The van der Waals surface area contributed by atoms with E-state index in [0.29, 0.717) is 12.3 Å². The van der Waals surface area contributed by atoms with Crippen molar-refractivity contribution in [2.24, 2.45) is 0 Å². The number of anilines is 1. The van der Waals surface area contributed by atoms with Gasteiger partial charge in [-0.3, -0.25) is 4.98 Å². The van der Waals surface area contributed by atoms with Crippen molar-refractivity contribution in [3.8, 4) is 11.8 Å². The molecule has 4 nitrogen and oxygen atoms in total. The first-order chi connectivity index (χ1) is 8.88. The van der Waals surface area contributed by atoms with Crippen molar-refractivity contribution in [2.45, 2.75) is 6.54 Å². The third kappa shape index (κ3) is 3.49. The van der Waals surface area contributed by atoms with Gasteiger partial charge in [0.05, 0.1) is 12.2 Å². The van der Waals surface area contributed by atoms with E-state index >= 15 is 0 Å². The summed E-state index contributed by atoms with van der Waals surface area (Å²) in [7, 11) is 0. The maximum absolute atomic E-state index is 8.40. The van der Waals surface area contributed by atoms with E-state index in [2.05, 4.69) is 10.3 Å². The number of hydrogen-bond donors (Lipinski definition) is 1. The van der Waals surface area contributed by atoms with Crippen molar-refractivity contribution < 1.29 is 4.74 Å². The Morgan fingerprint density at radius 1 is 1.17 bits per heavy atom. The first-order valence-corrected chi connectivity index (χ1v) is 5.62. The van der Waals surface area contributed by atoms with Crippen LogP contribution in [-0.4, -0.2) is 11.6 Å². The molecule has 2 aromatic rings. The summed E-state index contributed by atoms with van der Waals surface area (Å²) in [4.78, 5) is 4.23. The largest absolute Gasteiger partial charge is 0.479 e. The molecule has 0 saturated heterocycles. The second kappa shape index (κ2) is 6.26. The van der Waals surface area contributed by atoms with Crippen LogP contribution in [0.1, 0.15) is 5.69 Å². The van der Waals surface area contributed by atoms with Gasteiger partial charge >= 0.3 is 0 Å². The lowest BCUT2D eigenvalue weighted by molar-refractivity contribution is 0.368. The monoisotopic (exact) mass is 239 g/mol. The summed E-state index contributed by atoms with van der Waals surface area (Å²) in [5.74, 6) is 0.694. The van der Waals surface area contributed by atoms with E-state index in [4.69, 9.17) is 10.00 Å². The number of nitriles is 1. The molecule has 4 heteroatoms. The van der Waals surface area contributed by atoms with Crippen LogP contribution in [0.25, 0.3) is 0 Å².